The van der Waals surface area contributed by atoms with Crippen LogP contribution >= 0.6 is 0 Å². The Morgan fingerprint density at radius 3 is 2.85 bits per heavy atom. The summed E-state index contributed by atoms with van der Waals surface area (Å²) < 4.78 is 5.00. The third-order valence-electron chi connectivity index (χ3n) is 1.57. The Hall–Kier alpha value is -1.77. The van der Waals surface area contributed by atoms with Crippen molar-refractivity contribution in [2.75, 3.05) is 7.11 Å². The van der Waals surface area contributed by atoms with E-state index in [1.165, 1.54) is 25.3 Å². The topological polar surface area (TPSA) is 46.5 Å². The fourth-order valence-corrected chi connectivity index (χ4v) is 0.980. The van der Waals surface area contributed by atoms with E-state index in [0.29, 0.717) is 12.0 Å². The van der Waals surface area contributed by atoms with Crippen LogP contribution in [0.3, 0.4) is 0 Å². The largest absolute Gasteiger partial charge is 0.508 e. The van der Waals surface area contributed by atoms with Crippen molar-refractivity contribution in [2.45, 2.75) is 0 Å². The molecule has 1 aromatic carbocycles. The van der Waals surface area contributed by atoms with Gasteiger partial charge in [-0.15, -0.1) is 0 Å². The number of rotatable bonds is 3. The normalized spacial score (nSPS) is 10.2. The molecule has 0 aromatic heterocycles. The Labute approximate surface area is 76.3 Å². The number of aldehydes is 1. The number of carbonyl (C=O) groups excluding carboxylic acids is 1. The second kappa shape index (κ2) is 4.30. The Morgan fingerprint density at radius 1 is 1.46 bits per heavy atom. The van der Waals surface area contributed by atoms with E-state index in [4.69, 9.17) is 9.84 Å². The number of hydrogen-bond donors (Lipinski definition) is 1. The van der Waals surface area contributed by atoms with E-state index in [2.05, 4.69) is 0 Å². The summed E-state index contributed by atoms with van der Waals surface area (Å²) in [5, 5.41) is 9.12. The predicted octanol–water partition coefficient (Wildman–Crippen LogP) is 1.61. The molecule has 0 aliphatic rings. The first-order valence-electron chi connectivity index (χ1n) is 3.77. The van der Waals surface area contributed by atoms with Gasteiger partial charge in [-0.05, 0) is 24.3 Å². The number of methoxy groups -OCH3 is 1. The van der Waals surface area contributed by atoms with Gasteiger partial charge >= 0.3 is 0 Å². The molecule has 0 amide bonds. The maximum absolute atomic E-state index is 10.1. The quantitative estimate of drug-likeness (QED) is 0.565. The van der Waals surface area contributed by atoms with E-state index in [9.17, 15) is 4.79 Å². The van der Waals surface area contributed by atoms with E-state index < -0.39 is 0 Å². The summed E-state index contributed by atoms with van der Waals surface area (Å²) in [4.78, 5) is 10.1. The first-order chi connectivity index (χ1) is 6.27. The van der Waals surface area contributed by atoms with E-state index in [-0.39, 0.29) is 5.75 Å². The molecule has 0 spiro atoms. The molecule has 68 valence electrons. The highest BCUT2D eigenvalue weighted by Crippen LogP contribution is 2.24. The van der Waals surface area contributed by atoms with Gasteiger partial charge in [0, 0.05) is 11.6 Å². The van der Waals surface area contributed by atoms with Crippen LogP contribution in [0.15, 0.2) is 24.3 Å². The zero-order chi connectivity index (χ0) is 9.68. The van der Waals surface area contributed by atoms with E-state index in [0.717, 1.165) is 5.56 Å². The van der Waals surface area contributed by atoms with Crippen LogP contribution in [0.4, 0.5) is 0 Å². The summed E-state index contributed by atoms with van der Waals surface area (Å²) in [7, 11) is 1.51. The number of benzene rings is 1. The molecule has 0 bridgehead atoms. The Balaban J connectivity index is 3.05. The average molecular weight is 178 g/mol. The molecule has 0 saturated carbocycles. The fourth-order valence-electron chi connectivity index (χ4n) is 0.980. The van der Waals surface area contributed by atoms with Gasteiger partial charge in [0.05, 0.1) is 7.11 Å². The van der Waals surface area contributed by atoms with Crippen LogP contribution in [0.25, 0.3) is 6.08 Å². The lowest BCUT2D eigenvalue weighted by Gasteiger charge is -2.04. The van der Waals surface area contributed by atoms with Gasteiger partial charge in [0.1, 0.15) is 17.8 Å². The number of allylic oxidation sites excluding steroid dienone is 1. The van der Waals surface area contributed by atoms with Crippen LogP contribution in [-0.4, -0.2) is 18.5 Å². The summed E-state index contributed by atoms with van der Waals surface area (Å²) >= 11 is 0. The van der Waals surface area contributed by atoms with Gasteiger partial charge < -0.3 is 9.84 Å². The van der Waals surface area contributed by atoms with Crippen LogP contribution < -0.4 is 4.74 Å². The van der Waals surface area contributed by atoms with Crippen LogP contribution in [0.1, 0.15) is 5.56 Å². The molecule has 0 heterocycles. The van der Waals surface area contributed by atoms with Crippen LogP contribution in [-0.2, 0) is 4.79 Å². The van der Waals surface area contributed by atoms with Gasteiger partial charge in [-0.25, -0.2) is 0 Å². The van der Waals surface area contributed by atoms with Gasteiger partial charge in [-0.3, -0.25) is 4.79 Å². The smallest absolute Gasteiger partial charge is 0.142 e. The van der Waals surface area contributed by atoms with E-state index in [1.54, 1.807) is 12.1 Å². The zero-order valence-corrected chi connectivity index (χ0v) is 7.23. The Bertz CT molecular complexity index is 329. The monoisotopic (exact) mass is 178 g/mol. The first-order valence-corrected chi connectivity index (χ1v) is 3.77. The average Bonchev–Trinajstić information content (AvgIpc) is 2.16. The second-order valence-corrected chi connectivity index (χ2v) is 2.42. The summed E-state index contributed by atoms with van der Waals surface area (Å²) in [6, 6.07) is 4.70. The van der Waals surface area contributed by atoms with Gasteiger partial charge in [-0.1, -0.05) is 0 Å². The summed E-state index contributed by atoms with van der Waals surface area (Å²) in [6.45, 7) is 0. The van der Waals surface area contributed by atoms with Crippen LogP contribution in [0, 0.1) is 0 Å². The van der Waals surface area contributed by atoms with Crippen molar-refractivity contribution in [2.24, 2.45) is 0 Å². The molecule has 0 atom stereocenters. The summed E-state index contributed by atoms with van der Waals surface area (Å²) in [5.74, 6) is 0.679. The maximum Gasteiger partial charge on any atom is 0.142 e. The lowest BCUT2D eigenvalue weighted by molar-refractivity contribution is -0.104. The predicted molar refractivity (Wildman–Crippen MR) is 49.8 cm³/mol. The molecular weight excluding hydrogens is 168 g/mol. The number of phenolic OH excluding ortho intramolecular Hbond substituents is 1. The van der Waals surface area contributed by atoms with Gasteiger partial charge in [-0.2, -0.15) is 0 Å². The minimum absolute atomic E-state index is 0.139. The molecule has 0 fully saturated rings. The van der Waals surface area contributed by atoms with Crippen molar-refractivity contribution in [1.82, 2.24) is 0 Å². The van der Waals surface area contributed by atoms with Crippen molar-refractivity contribution in [3.63, 3.8) is 0 Å². The highest BCUT2D eigenvalue weighted by molar-refractivity contribution is 5.75. The lowest BCUT2D eigenvalue weighted by atomic mass is 10.2. The van der Waals surface area contributed by atoms with Crippen molar-refractivity contribution in [3.05, 3.63) is 29.8 Å². The fraction of sp³-hybridized carbons (Fsp3) is 0.100. The van der Waals surface area contributed by atoms with E-state index >= 15 is 0 Å². The summed E-state index contributed by atoms with van der Waals surface area (Å²) in [6.07, 6.45) is 3.67. The van der Waals surface area contributed by atoms with Gasteiger partial charge in [0.2, 0.25) is 0 Å². The standard InChI is InChI=1S/C10H10O3/c1-13-10-7-9(12)5-4-8(10)3-2-6-11/h2-7,12H,1H3/b3-2-. The molecule has 0 saturated heterocycles. The molecule has 1 N–H and O–H groups in total. The molecule has 0 unspecified atom stereocenters. The summed E-state index contributed by atoms with van der Waals surface area (Å²) in [5.41, 5.74) is 0.757. The number of carbonyl (C=O) groups is 1. The highest BCUT2D eigenvalue weighted by Gasteiger charge is 1.99. The third-order valence-corrected chi connectivity index (χ3v) is 1.57. The molecule has 0 aliphatic heterocycles. The number of ether oxygens (including phenoxy) is 1. The van der Waals surface area contributed by atoms with Gasteiger partial charge in [0.15, 0.2) is 0 Å². The van der Waals surface area contributed by atoms with Crippen LogP contribution in [0.2, 0.25) is 0 Å². The van der Waals surface area contributed by atoms with Crippen molar-refractivity contribution in [1.29, 1.82) is 0 Å². The molecule has 0 aliphatic carbocycles. The lowest BCUT2D eigenvalue weighted by Crippen LogP contribution is -1.86. The Kier molecular flexibility index (Phi) is 3.09. The molecule has 1 rings (SSSR count). The first kappa shape index (κ1) is 9.32. The van der Waals surface area contributed by atoms with Crippen molar-refractivity contribution >= 4 is 12.4 Å². The van der Waals surface area contributed by atoms with Crippen molar-refractivity contribution in [3.8, 4) is 11.5 Å². The number of hydrogen-bond acceptors (Lipinski definition) is 3. The van der Waals surface area contributed by atoms with E-state index in [1.807, 2.05) is 0 Å². The zero-order valence-electron chi connectivity index (χ0n) is 7.23. The molecule has 1 aromatic rings. The minimum Gasteiger partial charge on any atom is -0.508 e. The number of aromatic hydroxyl groups is 1. The van der Waals surface area contributed by atoms with Gasteiger partial charge in [0.25, 0.3) is 0 Å². The maximum atomic E-state index is 10.1. The third kappa shape index (κ3) is 2.33. The second-order valence-electron chi connectivity index (χ2n) is 2.42. The van der Waals surface area contributed by atoms with Crippen LogP contribution in [0.5, 0.6) is 11.5 Å². The minimum atomic E-state index is 0.139. The SMILES string of the molecule is COc1cc(O)ccc1/C=C\C=O. The molecule has 13 heavy (non-hydrogen) atoms. The highest BCUT2D eigenvalue weighted by atomic mass is 16.5. The Morgan fingerprint density at radius 2 is 2.23 bits per heavy atom. The number of phenols is 1. The molecule has 3 heteroatoms. The molecular formula is C10H10O3. The van der Waals surface area contributed by atoms with Crippen molar-refractivity contribution < 1.29 is 14.6 Å². The molecule has 3 nitrogen and oxygen atoms in total. The molecule has 0 radical (unpaired) electrons.